The van der Waals surface area contributed by atoms with Crippen LogP contribution < -0.4 is 10.2 Å². The van der Waals surface area contributed by atoms with E-state index in [0.29, 0.717) is 38.2 Å². The van der Waals surface area contributed by atoms with Crippen molar-refractivity contribution in [3.05, 3.63) is 58.5 Å². The average Bonchev–Trinajstić information content (AvgIpc) is 3.34. The molecule has 2 aromatic rings. The first kappa shape index (κ1) is 21.4. The van der Waals surface area contributed by atoms with Gasteiger partial charge in [0.2, 0.25) is 5.91 Å². The minimum Gasteiger partial charge on any atom is -0.468 e. The van der Waals surface area contributed by atoms with Gasteiger partial charge in [0.05, 0.1) is 17.2 Å². The Hall–Kier alpha value is -2.87. The molecule has 31 heavy (non-hydrogen) atoms. The minimum absolute atomic E-state index is 0.0614. The molecule has 1 unspecified atom stereocenters. The molecule has 2 aliphatic rings. The molecule has 0 radical (unpaired) electrons. The minimum atomic E-state index is -0.344. The first-order chi connectivity index (χ1) is 15.1. The predicted molar refractivity (Wildman–Crippen MR) is 118 cm³/mol. The standard InChI is InChI=1S/C23H30N4O4/c28-23(24-17-21(22-9-6-16-31-22)25-12-4-1-5-13-25)18-10-14-26(15-11-18)19-7-2-3-8-20(19)27(29)30/h2-3,6-9,16,18,21H,1,4-5,10-15,17H2,(H,24,28). The van der Waals surface area contributed by atoms with Gasteiger partial charge in [-0.1, -0.05) is 18.6 Å². The van der Waals surface area contributed by atoms with Crippen molar-refractivity contribution in [3.8, 4) is 0 Å². The summed E-state index contributed by atoms with van der Waals surface area (Å²) < 4.78 is 5.67. The highest BCUT2D eigenvalue weighted by Gasteiger charge is 2.30. The largest absolute Gasteiger partial charge is 0.468 e. The number of amides is 1. The Morgan fingerprint density at radius 2 is 1.84 bits per heavy atom. The molecular formula is C23H30N4O4. The molecule has 2 aliphatic heterocycles. The molecule has 1 atom stereocenters. The van der Waals surface area contributed by atoms with Gasteiger partial charge in [0, 0.05) is 31.6 Å². The number of nitro benzene ring substituents is 1. The molecule has 0 aliphatic carbocycles. The smallest absolute Gasteiger partial charge is 0.292 e. The summed E-state index contributed by atoms with van der Waals surface area (Å²) in [6, 6.07) is 10.7. The third-order valence-electron chi connectivity index (χ3n) is 6.46. The van der Waals surface area contributed by atoms with Crippen LogP contribution in [0.1, 0.15) is 43.9 Å². The maximum atomic E-state index is 12.9. The van der Waals surface area contributed by atoms with Crippen LogP contribution in [0.25, 0.3) is 0 Å². The first-order valence-electron chi connectivity index (χ1n) is 11.2. The van der Waals surface area contributed by atoms with Crippen LogP contribution in [-0.4, -0.2) is 48.5 Å². The first-order valence-corrected chi connectivity index (χ1v) is 11.2. The number of benzene rings is 1. The van der Waals surface area contributed by atoms with Gasteiger partial charge in [-0.05, 0) is 57.0 Å². The van der Waals surface area contributed by atoms with Crippen molar-refractivity contribution in [3.63, 3.8) is 0 Å². The van der Waals surface area contributed by atoms with E-state index in [-0.39, 0.29) is 28.5 Å². The molecule has 1 aromatic carbocycles. The Labute approximate surface area is 182 Å². The Kier molecular flexibility index (Phi) is 6.86. The second kappa shape index (κ2) is 9.96. The van der Waals surface area contributed by atoms with Crippen LogP contribution >= 0.6 is 0 Å². The fourth-order valence-electron chi connectivity index (χ4n) is 4.73. The van der Waals surface area contributed by atoms with Crippen molar-refractivity contribution in [1.82, 2.24) is 10.2 Å². The molecule has 0 spiro atoms. The molecule has 8 heteroatoms. The van der Waals surface area contributed by atoms with Crippen LogP contribution in [0.5, 0.6) is 0 Å². The number of rotatable bonds is 7. The Morgan fingerprint density at radius 1 is 1.10 bits per heavy atom. The Bertz CT molecular complexity index is 871. The van der Waals surface area contributed by atoms with E-state index in [4.69, 9.17) is 4.42 Å². The van der Waals surface area contributed by atoms with Crippen LogP contribution in [-0.2, 0) is 4.79 Å². The summed E-state index contributed by atoms with van der Waals surface area (Å²) in [7, 11) is 0. The summed E-state index contributed by atoms with van der Waals surface area (Å²) in [5.74, 6) is 0.891. The average molecular weight is 427 g/mol. The molecule has 1 N–H and O–H groups in total. The van der Waals surface area contributed by atoms with Crippen LogP contribution in [0.4, 0.5) is 11.4 Å². The van der Waals surface area contributed by atoms with Gasteiger partial charge >= 0.3 is 0 Å². The van der Waals surface area contributed by atoms with Crippen molar-refractivity contribution in [2.24, 2.45) is 5.92 Å². The van der Waals surface area contributed by atoms with E-state index in [1.54, 1.807) is 18.4 Å². The Morgan fingerprint density at radius 3 is 2.52 bits per heavy atom. The lowest BCUT2D eigenvalue weighted by atomic mass is 9.95. The number of likely N-dealkylation sites (tertiary alicyclic amines) is 1. The lowest BCUT2D eigenvalue weighted by Crippen LogP contribution is -2.44. The van der Waals surface area contributed by atoms with E-state index in [2.05, 4.69) is 10.2 Å². The van der Waals surface area contributed by atoms with Gasteiger partial charge in [0.1, 0.15) is 11.4 Å². The van der Waals surface area contributed by atoms with Crippen molar-refractivity contribution >= 4 is 17.3 Å². The summed E-state index contributed by atoms with van der Waals surface area (Å²) in [5, 5.41) is 14.5. The molecule has 0 bridgehead atoms. The monoisotopic (exact) mass is 426 g/mol. The number of hydrogen-bond donors (Lipinski definition) is 1. The zero-order chi connectivity index (χ0) is 21.6. The van der Waals surface area contributed by atoms with E-state index in [1.807, 2.05) is 23.1 Å². The van der Waals surface area contributed by atoms with E-state index >= 15 is 0 Å². The highest BCUT2D eigenvalue weighted by molar-refractivity contribution is 5.79. The summed E-state index contributed by atoms with van der Waals surface area (Å²) in [6.07, 6.45) is 6.67. The summed E-state index contributed by atoms with van der Waals surface area (Å²) in [4.78, 5) is 28.3. The van der Waals surface area contributed by atoms with Gasteiger partial charge in [-0.15, -0.1) is 0 Å². The zero-order valence-electron chi connectivity index (χ0n) is 17.7. The molecule has 2 saturated heterocycles. The number of hydrogen-bond acceptors (Lipinski definition) is 6. The number of nitrogens with one attached hydrogen (secondary N) is 1. The molecule has 4 rings (SSSR count). The summed E-state index contributed by atoms with van der Waals surface area (Å²) >= 11 is 0. The van der Waals surface area contributed by atoms with Crippen molar-refractivity contribution in [2.75, 3.05) is 37.6 Å². The molecule has 0 saturated carbocycles. The van der Waals surface area contributed by atoms with Crippen molar-refractivity contribution in [1.29, 1.82) is 0 Å². The number of furan rings is 1. The SMILES string of the molecule is O=C(NCC(c1ccco1)N1CCCCC1)C1CCN(c2ccccc2[N+](=O)[O-])CC1. The molecule has 1 amide bonds. The second-order valence-electron chi connectivity index (χ2n) is 8.38. The highest BCUT2D eigenvalue weighted by Crippen LogP contribution is 2.31. The van der Waals surface area contributed by atoms with Crippen LogP contribution in [0.3, 0.4) is 0 Å². The number of nitro groups is 1. The lowest BCUT2D eigenvalue weighted by molar-refractivity contribution is -0.384. The number of para-hydroxylation sites is 2. The number of nitrogens with zero attached hydrogens (tertiary/aromatic N) is 3. The normalized spacial score (nSPS) is 19.2. The molecule has 8 nitrogen and oxygen atoms in total. The molecular weight excluding hydrogens is 396 g/mol. The number of carbonyl (C=O) groups is 1. The maximum absolute atomic E-state index is 12.9. The van der Waals surface area contributed by atoms with Crippen LogP contribution in [0.2, 0.25) is 0 Å². The summed E-state index contributed by atoms with van der Waals surface area (Å²) in [5.41, 5.74) is 0.752. The summed E-state index contributed by atoms with van der Waals surface area (Å²) in [6.45, 7) is 3.86. The number of piperidine rings is 2. The third-order valence-corrected chi connectivity index (χ3v) is 6.46. The topological polar surface area (TPSA) is 91.9 Å². The van der Waals surface area contributed by atoms with Gasteiger partial charge in [0.15, 0.2) is 0 Å². The van der Waals surface area contributed by atoms with E-state index in [9.17, 15) is 14.9 Å². The third kappa shape index (κ3) is 5.07. The van der Waals surface area contributed by atoms with Gasteiger partial charge in [-0.25, -0.2) is 0 Å². The fourth-order valence-corrected chi connectivity index (χ4v) is 4.73. The molecule has 1 aromatic heterocycles. The maximum Gasteiger partial charge on any atom is 0.292 e. The van der Waals surface area contributed by atoms with Crippen LogP contribution in [0, 0.1) is 16.0 Å². The molecule has 166 valence electrons. The predicted octanol–water partition coefficient (Wildman–Crippen LogP) is 3.75. The molecule has 2 fully saturated rings. The zero-order valence-corrected chi connectivity index (χ0v) is 17.7. The fraction of sp³-hybridized carbons (Fsp3) is 0.522. The Balaban J connectivity index is 1.33. The van der Waals surface area contributed by atoms with Gasteiger partial charge in [-0.2, -0.15) is 0 Å². The van der Waals surface area contributed by atoms with Gasteiger partial charge in [0.25, 0.3) is 5.69 Å². The second-order valence-corrected chi connectivity index (χ2v) is 8.38. The van der Waals surface area contributed by atoms with E-state index in [0.717, 1.165) is 18.8 Å². The lowest BCUT2D eigenvalue weighted by Gasteiger charge is -2.35. The van der Waals surface area contributed by atoms with Gasteiger partial charge in [-0.3, -0.25) is 19.8 Å². The quantitative estimate of drug-likeness (QED) is 0.536. The number of carbonyl (C=O) groups excluding carboxylic acids is 1. The number of anilines is 1. The van der Waals surface area contributed by atoms with E-state index in [1.165, 1.54) is 25.3 Å². The van der Waals surface area contributed by atoms with E-state index < -0.39 is 0 Å². The highest BCUT2D eigenvalue weighted by atomic mass is 16.6. The van der Waals surface area contributed by atoms with Gasteiger partial charge < -0.3 is 14.6 Å². The van der Waals surface area contributed by atoms with Crippen molar-refractivity contribution in [2.45, 2.75) is 38.1 Å². The van der Waals surface area contributed by atoms with Crippen molar-refractivity contribution < 1.29 is 14.1 Å². The van der Waals surface area contributed by atoms with Crippen LogP contribution in [0.15, 0.2) is 47.1 Å². The molecule has 3 heterocycles.